The molecule has 0 saturated carbocycles. The number of nitrogens with zero attached hydrogens (tertiary/aromatic N) is 1. The summed E-state index contributed by atoms with van der Waals surface area (Å²) in [4.78, 5) is 24.5. The van der Waals surface area contributed by atoms with E-state index < -0.39 is 5.97 Å². The van der Waals surface area contributed by atoms with Crippen molar-refractivity contribution in [3.05, 3.63) is 69.2 Å². The van der Waals surface area contributed by atoms with Gasteiger partial charge in [-0.2, -0.15) is 0 Å². The van der Waals surface area contributed by atoms with Crippen molar-refractivity contribution in [2.45, 2.75) is 27.3 Å². The zero-order valence-corrected chi connectivity index (χ0v) is 17.9. The standard InChI is InChI=1S/C23H20ClNO3S/c1-12(2)21(26)20-13(3)25(18-10-14(23(27)28)8-9-16(18)20)11-17-15-6-4-5-7-19(15)29-22(17)24/h4-10,12H,11H2,1-3H3,(H,27,28). The first-order valence-corrected chi connectivity index (χ1v) is 10.5. The summed E-state index contributed by atoms with van der Waals surface area (Å²) in [5, 5.41) is 11.3. The number of rotatable bonds is 5. The average Bonchev–Trinajstić information content (AvgIpc) is 3.15. The number of hydrogen-bond acceptors (Lipinski definition) is 3. The summed E-state index contributed by atoms with van der Waals surface area (Å²) in [7, 11) is 0. The Bertz CT molecular complexity index is 1280. The van der Waals surface area contributed by atoms with Crippen molar-refractivity contribution < 1.29 is 14.7 Å². The molecule has 0 amide bonds. The fourth-order valence-corrected chi connectivity index (χ4v) is 5.14. The van der Waals surface area contributed by atoms with Crippen molar-refractivity contribution in [1.29, 1.82) is 0 Å². The second kappa shape index (κ2) is 7.32. The van der Waals surface area contributed by atoms with Crippen LogP contribution in [0.3, 0.4) is 0 Å². The molecule has 4 rings (SSSR count). The van der Waals surface area contributed by atoms with Crippen LogP contribution >= 0.6 is 22.9 Å². The van der Waals surface area contributed by atoms with Crippen LogP contribution in [-0.4, -0.2) is 21.4 Å². The lowest BCUT2D eigenvalue weighted by Gasteiger charge is -2.10. The monoisotopic (exact) mass is 425 g/mol. The summed E-state index contributed by atoms with van der Waals surface area (Å²) in [5.74, 6) is -1.10. The van der Waals surface area contributed by atoms with Crippen LogP contribution in [0.1, 0.15) is 45.8 Å². The lowest BCUT2D eigenvalue weighted by atomic mass is 9.98. The molecule has 2 heterocycles. The maximum absolute atomic E-state index is 12.9. The first kappa shape index (κ1) is 19.7. The molecule has 0 bridgehead atoms. The fourth-order valence-electron chi connectivity index (χ4n) is 3.79. The number of fused-ring (bicyclic) bond motifs is 2. The number of carboxylic acid groups (broad SMARTS) is 1. The van der Waals surface area contributed by atoms with Gasteiger partial charge in [-0.25, -0.2) is 4.79 Å². The lowest BCUT2D eigenvalue weighted by molar-refractivity contribution is 0.0696. The lowest BCUT2D eigenvalue weighted by Crippen LogP contribution is -2.10. The van der Waals surface area contributed by atoms with Gasteiger partial charge < -0.3 is 9.67 Å². The van der Waals surface area contributed by atoms with Crippen molar-refractivity contribution in [1.82, 2.24) is 4.57 Å². The molecule has 6 heteroatoms. The van der Waals surface area contributed by atoms with Crippen molar-refractivity contribution in [3.8, 4) is 0 Å². The number of halogens is 1. The van der Waals surface area contributed by atoms with E-state index in [1.165, 1.54) is 11.3 Å². The predicted molar refractivity (Wildman–Crippen MR) is 119 cm³/mol. The highest BCUT2D eigenvalue weighted by Crippen LogP contribution is 2.37. The smallest absolute Gasteiger partial charge is 0.335 e. The van der Waals surface area contributed by atoms with E-state index in [1.54, 1.807) is 18.2 Å². The molecule has 0 aliphatic heterocycles. The third-order valence-corrected chi connectivity index (χ3v) is 6.77. The molecule has 1 N–H and O–H groups in total. The number of ketones is 1. The molecule has 2 aromatic heterocycles. The number of hydrogen-bond donors (Lipinski definition) is 1. The topological polar surface area (TPSA) is 59.3 Å². The highest BCUT2D eigenvalue weighted by atomic mass is 35.5. The minimum atomic E-state index is -0.993. The molecule has 0 aliphatic carbocycles. The van der Waals surface area contributed by atoms with Crippen LogP contribution in [0, 0.1) is 12.8 Å². The van der Waals surface area contributed by atoms with Gasteiger partial charge in [0.05, 0.1) is 22.0 Å². The minimum Gasteiger partial charge on any atom is -0.478 e. The van der Waals surface area contributed by atoms with E-state index >= 15 is 0 Å². The van der Waals surface area contributed by atoms with Gasteiger partial charge in [0.1, 0.15) is 0 Å². The molecule has 2 aromatic carbocycles. The molecule has 4 nitrogen and oxygen atoms in total. The molecule has 0 saturated heterocycles. The molecule has 0 radical (unpaired) electrons. The van der Waals surface area contributed by atoms with Gasteiger partial charge in [0.25, 0.3) is 0 Å². The van der Waals surface area contributed by atoms with Gasteiger partial charge in [-0.3, -0.25) is 4.79 Å². The van der Waals surface area contributed by atoms with Gasteiger partial charge in [0, 0.05) is 32.8 Å². The largest absolute Gasteiger partial charge is 0.478 e. The Morgan fingerprint density at radius 3 is 2.55 bits per heavy atom. The number of aromatic carboxylic acids is 1. The SMILES string of the molecule is Cc1c(C(=O)C(C)C)c2ccc(C(=O)O)cc2n1Cc1c(Cl)sc2ccccc12. The summed E-state index contributed by atoms with van der Waals surface area (Å²) in [6, 6.07) is 13.0. The normalized spacial score (nSPS) is 11.6. The van der Waals surface area contributed by atoms with E-state index in [-0.39, 0.29) is 17.3 Å². The Kier molecular flexibility index (Phi) is 4.97. The molecule has 0 aliphatic rings. The van der Waals surface area contributed by atoms with Crippen molar-refractivity contribution in [3.63, 3.8) is 0 Å². The Morgan fingerprint density at radius 2 is 1.86 bits per heavy atom. The molecule has 4 aromatic rings. The van der Waals surface area contributed by atoms with Gasteiger partial charge in [-0.05, 0) is 30.5 Å². The van der Waals surface area contributed by atoms with Crippen LogP contribution in [0.4, 0.5) is 0 Å². The van der Waals surface area contributed by atoms with Crippen LogP contribution in [-0.2, 0) is 6.54 Å². The maximum Gasteiger partial charge on any atom is 0.335 e. The van der Waals surface area contributed by atoms with Gasteiger partial charge >= 0.3 is 5.97 Å². The first-order chi connectivity index (χ1) is 13.8. The average molecular weight is 426 g/mol. The Hall–Kier alpha value is -2.63. The third kappa shape index (κ3) is 3.24. The molecule has 29 heavy (non-hydrogen) atoms. The number of benzene rings is 2. The van der Waals surface area contributed by atoms with E-state index in [2.05, 4.69) is 0 Å². The fraction of sp³-hybridized carbons (Fsp3) is 0.217. The number of carbonyl (C=O) groups excluding carboxylic acids is 1. The second-order valence-electron chi connectivity index (χ2n) is 7.45. The summed E-state index contributed by atoms with van der Waals surface area (Å²) in [6.45, 7) is 6.14. The predicted octanol–water partition coefficient (Wildman–Crippen LogP) is 6.40. The number of thiophene rings is 1. The van der Waals surface area contributed by atoms with Crippen molar-refractivity contribution in [2.75, 3.05) is 0 Å². The summed E-state index contributed by atoms with van der Waals surface area (Å²) < 4.78 is 3.82. The van der Waals surface area contributed by atoms with Crippen LogP contribution < -0.4 is 0 Å². The van der Waals surface area contributed by atoms with Crippen LogP contribution in [0.25, 0.3) is 21.0 Å². The quantitative estimate of drug-likeness (QED) is 0.376. The molecular weight excluding hydrogens is 406 g/mol. The van der Waals surface area contributed by atoms with Gasteiger partial charge in [-0.15, -0.1) is 11.3 Å². The van der Waals surface area contributed by atoms with E-state index in [1.807, 2.05) is 49.6 Å². The van der Waals surface area contributed by atoms with Crippen LogP contribution in [0.15, 0.2) is 42.5 Å². The molecule has 0 unspecified atom stereocenters. The van der Waals surface area contributed by atoms with Gasteiger partial charge in [0.2, 0.25) is 0 Å². The maximum atomic E-state index is 12.9. The third-order valence-electron chi connectivity index (χ3n) is 5.31. The zero-order valence-electron chi connectivity index (χ0n) is 16.3. The summed E-state index contributed by atoms with van der Waals surface area (Å²) in [5.41, 5.74) is 3.39. The van der Waals surface area contributed by atoms with Crippen molar-refractivity contribution >= 4 is 55.7 Å². The Labute approximate surface area is 177 Å². The molecule has 148 valence electrons. The van der Waals surface area contributed by atoms with E-state index in [4.69, 9.17) is 11.6 Å². The number of aromatic nitrogens is 1. The molecule has 0 atom stereocenters. The van der Waals surface area contributed by atoms with E-state index in [0.29, 0.717) is 16.4 Å². The second-order valence-corrected chi connectivity index (χ2v) is 9.11. The van der Waals surface area contributed by atoms with Crippen LogP contribution in [0.5, 0.6) is 0 Å². The Balaban J connectivity index is 1.98. The van der Waals surface area contributed by atoms with E-state index in [0.717, 1.165) is 32.2 Å². The highest BCUT2D eigenvalue weighted by Gasteiger charge is 2.24. The summed E-state index contributed by atoms with van der Waals surface area (Å²) >= 11 is 8.09. The molecule has 0 fully saturated rings. The molecular formula is C23H20ClNO3S. The highest BCUT2D eigenvalue weighted by molar-refractivity contribution is 7.22. The molecule has 0 spiro atoms. The van der Waals surface area contributed by atoms with Crippen molar-refractivity contribution in [2.24, 2.45) is 5.92 Å². The van der Waals surface area contributed by atoms with Gasteiger partial charge in [-0.1, -0.05) is 49.7 Å². The first-order valence-electron chi connectivity index (χ1n) is 9.35. The van der Waals surface area contributed by atoms with Gasteiger partial charge in [0.15, 0.2) is 5.78 Å². The Morgan fingerprint density at radius 1 is 1.14 bits per heavy atom. The number of Topliss-reactive ketones (excluding diaryl/α,β-unsaturated/α-hetero) is 1. The zero-order chi connectivity index (χ0) is 20.9. The number of carboxylic acids is 1. The number of carbonyl (C=O) groups is 2. The van der Waals surface area contributed by atoms with Crippen LogP contribution in [0.2, 0.25) is 4.34 Å². The van der Waals surface area contributed by atoms with E-state index in [9.17, 15) is 14.7 Å². The summed E-state index contributed by atoms with van der Waals surface area (Å²) in [6.07, 6.45) is 0. The minimum absolute atomic E-state index is 0.0515.